The van der Waals surface area contributed by atoms with Crippen LogP contribution in [0.4, 0.5) is 0 Å². The zero-order chi connectivity index (χ0) is 7.98. The predicted molar refractivity (Wildman–Crippen MR) is 47.9 cm³/mol. The topological polar surface area (TPSA) is 0 Å². The molecule has 0 N–H and O–H groups in total. The van der Waals surface area contributed by atoms with Gasteiger partial charge in [0.15, 0.2) is 0 Å². The van der Waals surface area contributed by atoms with Crippen LogP contribution in [0.3, 0.4) is 0 Å². The Bertz CT molecular complexity index is 140. The molecule has 0 aromatic rings. The average Bonchev–Trinajstić information content (AvgIpc) is 1.87. The molecule has 0 rings (SSSR count). The predicted octanol–water partition coefficient (Wildman–Crippen LogP) is 3.33. The molecule has 0 aromatic carbocycles. The number of rotatable bonds is 4. The normalized spacial score (nSPS) is 13.4. The van der Waals surface area contributed by atoms with Crippen LogP contribution in [0.2, 0.25) is 0 Å². The third kappa shape index (κ3) is 5.36. The highest BCUT2D eigenvalue weighted by molar-refractivity contribution is 5.02. The molecule has 0 spiro atoms. The van der Waals surface area contributed by atoms with Crippen LogP contribution in [-0.4, -0.2) is 0 Å². The van der Waals surface area contributed by atoms with Gasteiger partial charge in [-0.2, -0.15) is 0 Å². The van der Waals surface area contributed by atoms with Gasteiger partial charge in [0.05, 0.1) is 0 Å². The molecule has 0 heterocycles. The molecule has 0 aliphatic rings. The van der Waals surface area contributed by atoms with Gasteiger partial charge in [0, 0.05) is 0 Å². The molecule has 0 aliphatic carbocycles. The summed E-state index contributed by atoms with van der Waals surface area (Å²) in [5, 5.41) is 0. The molecular formula is C10H16. The number of hydrogen-bond donors (Lipinski definition) is 0. The number of allylic oxidation sites excluding steroid dienone is 4. The van der Waals surface area contributed by atoms with Crippen molar-refractivity contribution in [2.24, 2.45) is 5.92 Å². The Morgan fingerprint density at radius 1 is 1.60 bits per heavy atom. The van der Waals surface area contributed by atoms with Gasteiger partial charge >= 0.3 is 0 Å². The highest BCUT2D eigenvalue weighted by Gasteiger charge is 1.85. The summed E-state index contributed by atoms with van der Waals surface area (Å²) in [6.07, 6.45) is 7.18. The largest absolute Gasteiger partial charge is 0.102 e. The molecule has 0 nitrogen and oxygen atoms in total. The lowest BCUT2D eigenvalue weighted by Gasteiger charge is -1.94. The van der Waals surface area contributed by atoms with Crippen molar-refractivity contribution in [3.05, 3.63) is 37.0 Å². The van der Waals surface area contributed by atoms with E-state index in [1.54, 1.807) is 0 Å². The summed E-state index contributed by atoms with van der Waals surface area (Å²) in [5.74, 6) is 0.486. The number of hydrogen-bond acceptors (Lipinski definition) is 0. The highest BCUT2D eigenvalue weighted by Crippen LogP contribution is 2.01. The molecular weight excluding hydrogens is 120 g/mol. The van der Waals surface area contributed by atoms with Gasteiger partial charge in [-0.15, -0.1) is 6.58 Å². The summed E-state index contributed by atoms with van der Waals surface area (Å²) in [6.45, 7) is 11.6. The third-order valence-electron chi connectivity index (χ3n) is 1.28. The Hall–Kier alpha value is -0.780. The molecule has 0 heteroatoms. The van der Waals surface area contributed by atoms with Gasteiger partial charge < -0.3 is 0 Å². The smallest absolute Gasteiger partial charge is 0.00845 e. The van der Waals surface area contributed by atoms with Gasteiger partial charge in [-0.3, -0.25) is 0 Å². The SMILES string of the molecule is C=C[C@H](C)/C=C\CC(=C)C. The Kier molecular flexibility index (Phi) is 4.65. The summed E-state index contributed by atoms with van der Waals surface area (Å²) < 4.78 is 0. The second-order valence-electron chi connectivity index (χ2n) is 2.68. The lowest BCUT2D eigenvalue weighted by atomic mass is 10.1. The lowest BCUT2D eigenvalue weighted by Crippen LogP contribution is -1.79. The second-order valence-corrected chi connectivity index (χ2v) is 2.68. The quantitative estimate of drug-likeness (QED) is 0.520. The fourth-order valence-corrected chi connectivity index (χ4v) is 0.562. The van der Waals surface area contributed by atoms with Crippen LogP contribution in [0.5, 0.6) is 0 Å². The van der Waals surface area contributed by atoms with Crippen molar-refractivity contribution in [1.29, 1.82) is 0 Å². The van der Waals surface area contributed by atoms with Crippen molar-refractivity contribution in [1.82, 2.24) is 0 Å². The van der Waals surface area contributed by atoms with E-state index >= 15 is 0 Å². The Labute approximate surface area is 64.0 Å². The van der Waals surface area contributed by atoms with Crippen molar-refractivity contribution in [2.45, 2.75) is 20.3 Å². The van der Waals surface area contributed by atoms with E-state index in [4.69, 9.17) is 0 Å². The fraction of sp³-hybridized carbons (Fsp3) is 0.400. The minimum atomic E-state index is 0.486. The van der Waals surface area contributed by atoms with Crippen LogP contribution < -0.4 is 0 Å². The van der Waals surface area contributed by atoms with Crippen molar-refractivity contribution in [3.63, 3.8) is 0 Å². The van der Waals surface area contributed by atoms with E-state index in [1.807, 2.05) is 13.0 Å². The van der Waals surface area contributed by atoms with E-state index in [0.717, 1.165) is 6.42 Å². The van der Waals surface area contributed by atoms with Gasteiger partial charge in [0.25, 0.3) is 0 Å². The third-order valence-corrected chi connectivity index (χ3v) is 1.28. The molecule has 0 saturated heterocycles. The maximum absolute atomic E-state index is 3.80. The first-order valence-corrected chi connectivity index (χ1v) is 3.60. The minimum absolute atomic E-state index is 0.486. The first-order valence-electron chi connectivity index (χ1n) is 3.60. The summed E-state index contributed by atoms with van der Waals surface area (Å²) in [5.41, 5.74) is 1.20. The first kappa shape index (κ1) is 9.22. The van der Waals surface area contributed by atoms with Gasteiger partial charge in [-0.1, -0.05) is 37.3 Å². The molecule has 56 valence electrons. The molecule has 0 amide bonds. The summed E-state index contributed by atoms with van der Waals surface area (Å²) >= 11 is 0. The Balaban J connectivity index is 3.55. The maximum atomic E-state index is 3.80. The van der Waals surface area contributed by atoms with Crippen molar-refractivity contribution < 1.29 is 0 Å². The van der Waals surface area contributed by atoms with Crippen LogP contribution in [-0.2, 0) is 0 Å². The Morgan fingerprint density at radius 2 is 2.20 bits per heavy atom. The molecule has 0 fully saturated rings. The van der Waals surface area contributed by atoms with Crippen molar-refractivity contribution >= 4 is 0 Å². The monoisotopic (exact) mass is 136 g/mol. The van der Waals surface area contributed by atoms with Gasteiger partial charge in [0.1, 0.15) is 0 Å². The molecule has 0 saturated carbocycles. The summed E-state index contributed by atoms with van der Waals surface area (Å²) in [6, 6.07) is 0. The average molecular weight is 136 g/mol. The zero-order valence-corrected chi connectivity index (χ0v) is 6.93. The Morgan fingerprint density at radius 3 is 2.60 bits per heavy atom. The maximum Gasteiger partial charge on any atom is -0.00845 e. The molecule has 1 atom stereocenters. The van der Waals surface area contributed by atoms with Gasteiger partial charge in [-0.05, 0) is 19.3 Å². The van der Waals surface area contributed by atoms with Gasteiger partial charge in [-0.25, -0.2) is 0 Å². The standard InChI is InChI=1S/C10H16/c1-5-10(4)8-6-7-9(2)3/h5-6,8,10H,1-2,7H2,3-4H3/b8-6-/t10-/m0/s1. The molecule has 0 unspecified atom stereocenters. The zero-order valence-electron chi connectivity index (χ0n) is 6.93. The fourth-order valence-electron chi connectivity index (χ4n) is 0.562. The van der Waals surface area contributed by atoms with E-state index in [1.165, 1.54) is 5.57 Å². The van der Waals surface area contributed by atoms with Crippen molar-refractivity contribution in [2.75, 3.05) is 0 Å². The van der Waals surface area contributed by atoms with E-state index in [0.29, 0.717) is 5.92 Å². The van der Waals surface area contributed by atoms with Crippen LogP contribution >= 0.6 is 0 Å². The van der Waals surface area contributed by atoms with Crippen LogP contribution in [0.25, 0.3) is 0 Å². The van der Waals surface area contributed by atoms with Crippen LogP contribution in [0.15, 0.2) is 37.0 Å². The molecule has 10 heavy (non-hydrogen) atoms. The lowest BCUT2D eigenvalue weighted by molar-refractivity contribution is 0.935. The van der Waals surface area contributed by atoms with E-state index in [-0.39, 0.29) is 0 Å². The summed E-state index contributed by atoms with van der Waals surface area (Å²) in [4.78, 5) is 0. The highest BCUT2D eigenvalue weighted by atomic mass is 13.9. The summed E-state index contributed by atoms with van der Waals surface area (Å²) in [7, 11) is 0. The minimum Gasteiger partial charge on any atom is -0.102 e. The van der Waals surface area contributed by atoms with Crippen molar-refractivity contribution in [3.8, 4) is 0 Å². The van der Waals surface area contributed by atoms with E-state index < -0.39 is 0 Å². The second kappa shape index (κ2) is 5.04. The van der Waals surface area contributed by atoms with Crippen LogP contribution in [0, 0.1) is 5.92 Å². The van der Waals surface area contributed by atoms with E-state index in [2.05, 4.69) is 32.2 Å². The van der Waals surface area contributed by atoms with Gasteiger partial charge in [0.2, 0.25) is 0 Å². The molecule has 0 radical (unpaired) electrons. The molecule has 0 aromatic heterocycles. The molecule has 0 aliphatic heterocycles. The first-order chi connectivity index (χ1) is 4.66. The van der Waals surface area contributed by atoms with Crippen LogP contribution in [0.1, 0.15) is 20.3 Å². The van der Waals surface area contributed by atoms with E-state index in [9.17, 15) is 0 Å². The molecule has 0 bridgehead atoms.